The van der Waals surface area contributed by atoms with Gasteiger partial charge >= 0.3 is 0 Å². The fourth-order valence-electron chi connectivity index (χ4n) is 5.27. The minimum absolute atomic E-state index is 0.0100. The molecule has 36 heavy (non-hydrogen) atoms. The van der Waals surface area contributed by atoms with Crippen molar-refractivity contribution < 1.29 is 13.5 Å². The lowest BCUT2D eigenvalue weighted by atomic mass is 9.87. The van der Waals surface area contributed by atoms with E-state index in [9.17, 15) is 8.78 Å². The van der Waals surface area contributed by atoms with E-state index in [-0.39, 0.29) is 12.2 Å². The van der Waals surface area contributed by atoms with Crippen molar-refractivity contribution in [1.29, 1.82) is 0 Å². The van der Waals surface area contributed by atoms with Crippen LogP contribution in [0.1, 0.15) is 73.7 Å². The fourth-order valence-corrected chi connectivity index (χ4v) is 5.27. The van der Waals surface area contributed by atoms with Gasteiger partial charge in [0.2, 0.25) is 12.4 Å². The number of allylic oxidation sites excluding steroid dienone is 2. The van der Waals surface area contributed by atoms with Gasteiger partial charge in [0, 0.05) is 35.3 Å². The van der Waals surface area contributed by atoms with Crippen LogP contribution in [0.15, 0.2) is 24.5 Å². The Hall–Kier alpha value is -2.94. The topological polar surface area (TPSA) is 69.0 Å². The number of aryl methyl sites for hydroxylation is 2. The molecule has 9 heteroatoms. The van der Waals surface area contributed by atoms with Crippen molar-refractivity contribution in [2.24, 2.45) is 5.92 Å². The normalized spacial score (nSPS) is 25.0. The van der Waals surface area contributed by atoms with E-state index in [2.05, 4.69) is 29.2 Å². The summed E-state index contributed by atoms with van der Waals surface area (Å²) in [7, 11) is 0. The number of alkyl halides is 2. The quantitative estimate of drug-likeness (QED) is 0.461. The van der Waals surface area contributed by atoms with Gasteiger partial charge < -0.3 is 9.64 Å². The van der Waals surface area contributed by atoms with Gasteiger partial charge in [-0.3, -0.25) is 4.68 Å². The molecule has 0 radical (unpaired) electrons. The summed E-state index contributed by atoms with van der Waals surface area (Å²) < 4.78 is 34.9. The lowest BCUT2D eigenvalue weighted by molar-refractivity contribution is -0.0178. The lowest BCUT2D eigenvalue weighted by Crippen LogP contribution is -2.43. The van der Waals surface area contributed by atoms with Crippen LogP contribution in [0.25, 0.3) is 16.6 Å². The average molecular weight is 495 g/mol. The Kier molecular flexibility index (Phi) is 5.98. The fraction of sp³-hybridized carbons (Fsp3) is 0.556. The minimum atomic E-state index is -2.29. The van der Waals surface area contributed by atoms with Gasteiger partial charge in [0.05, 0.1) is 30.6 Å². The van der Waals surface area contributed by atoms with E-state index < -0.39 is 12.3 Å². The number of hydrogen-bond donors (Lipinski definition) is 0. The molecular weight excluding hydrogens is 462 g/mol. The molecule has 0 amide bonds. The summed E-state index contributed by atoms with van der Waals surface area (Å²) in [6.07, 6.45) is 7.30. The highest BCUT2D eigenvalue weighted by Gasteiger charge is 2.32. The Bertz CT molecular complexity index is 1320. The number of nitrogens with zero attached hydrogens (tertiary/aromatic N) is 6. The van der Waals surface area contributed by atoms with Crippen LogP contribution in [-0.4, -0.2) is 50.4 Å². The second-order valence-corrected chi connectivity index (χ2v) is 10.6. The molecular formula is C27H32F2N6O. The summed E-state index contributed by atoms with van der Waals surface area (Å²) in [4.78, 5) is 16.9. The van der Waals surface area contributed by atoms with Crippen LogP contribution in [0.2, 0.25) is 0 Å². The van der Waals surface area contributed by atoms with Crippen molar-refractivity contribution in [3.05, 3.63) is 47.1 Å². The van der Waals surface area contributed by atoms with Crippen molar-refractivity contribution in [3.63, 3.8) is 0 Å². The molecule has 3 aliphatic rings. The molecule has 190 valence electrons. The molecule has 1 saturated carbocycles. The summed E-state index contributed by atoms with van der Waals surface area (Å²) in [6.45, 7) is 7.34. The van der Waals surface area contributed by atoms with Gasteiger partial charge in [-0.05, 0) is 70.1 Å². The summed E-state index contributed by atoms with van der Waals surface area (Å²) in [5.41, 5.74) is 5.53. The molecule has 0 spiro atoms. The highest BCUT2D eigenvalue weighted by Crippen LogP contribution is 2.38. The van der Waals surface area contributed by atoms with Crippen molar-refractivity contribution in [3.8, 4) is 0 Å². The molecule has 6 rings (SSSR count). The number of pyridine rings is 1. The van der Waals surface area contributed by atoms with Gasteiger partial charge in [-0.2, -0.15) is 10.1 Å². The third kappa shape index (κ3) is 4.49. The Labute approximate surface area is 209 Å². The Morgan fingerprint density at radius 1 is 1.08 bits per heavy atom. The van der Waals surface area contributed by atoms with Crippen molar-refractivity contribution in [2.75, 3.05) is 18.0 Å². The SMILES string of the molecule is Cc1cc2c(C3=CCC(C(F)F)CC3)nc(N3C[C@@H](C)O[C@@H](c4cnn(C5CC5)c4)C3)nc2nc1C. The third-order valence-corrected chi connectivity index (χ3v) is 7.69. The largest absolute Gasteiger partial charge is 0.367 e. The summed E-state index contributed by atoms with van der Waals surface area (Å²) in [5, 5.41) is 5.43. The summed E-state index contributed by atoms with van der Waals surface area (Å²) >= 11 is 0. The molecule has 4 heterocycles. The average Bonchev–Trinajstić information content (AvgIpc) is 3.60. The minimum Gasteiger partial charge on any atom is -0.367 e. The predicted octanol–water partition coefficient (Wildman–Crippen LogP) is 5.59. The van der Waals surface area contributed by atoms with Gasteiger partial charge in [0.15, 0.2) is 5.65 Å². The molecule has 7 nitrogen and oxygen atoms in total. The van der Waals surface area contributed by atoms with E-state index in [0.717, 1.165) is 33.5 Å². The zero-order valence-corrected chi connectivity index (χ0v) is 21.0. The van der Waals surface area contributed by atoms with Gasteiger partial charge in [0.1, 0.15) is 6.10 Å². The molecule has 2 fully saturated rings. The molecule has 3 aromatic rings. The standard InChI is InChI=1S/C27H32F2N6O/c1-15-10-22-24(18-4-6-19(7-5-18)25(28)29)32-27(33-26(22)31-17(15)3)34-12-16(2)36-23(14-34)20-11-30-35(13-20)21-8-9-21/h4,10-11,13,16,19,21,23,25H,5-9,12,14H2,1-3H3/t16-,19?,23-/m1/s1. The maximum Gasteiger partial charge on any atom is 0.241 e. The monoisotopic (exact) mass is 494 g/mol. The Morgan fingerprint density at radius 2 is 1.92 bits per heavy atom. The van der Waals surface area contributed by atoms with Crippen LogP contribution in [0.4, 0.5) is 14.7 Å². The molecule has 0 N–H and O–H groups in total. The van der Waals surface area contributed by atoms with Crippen molar-refractivity contribution >= 4 is 22.6 Å². The first-order valence-corrected chi connectivity index (χ1v) is 12.9. The van der Waals surface area contributed by atoms with E-state index in [4.69, 9.17) is 19.7 Å². The van der Waals surface area contributed by atoms with Crippen LogP contribution >= 0.6 is 0 Å². The second kappa shape index (κ2) is 9.18. The van der Waals surface area contributed by atoms with Crippen LogP contribution in [-0.2, 0) is 4.74 Å². The van der Waals surface area contributed by atoms with Gasteiger partial charge in [-0.15, -0.1) is 0 Å². The number of rotatable bonds is 5. The Morgan fingerprint density at radius 3 is 2.64 bits per heavy atom. The number of halogens is 2. The van der Waals surface area contributed by atoms with E-state index in [1.54, 1.807) is 0 Å². The zero-order valence-electron chi connectivity index (χ0n) is 21.0. The first-order valence-electron chi connectivity index (χ1n) is 12.9. The van der Waals surface area contributed by atoms with E-state index in [0.29, 0.717) is 50.0 Å². The third-order valence-electron chi connectivity index (χ3n) is 7.69. The van der Waals surface area contributed by atoms with Crippen LogP contribution in [0.3, 0.4) is 0 Å². The Balaban J connectivity index is 1.37. The van der Waals surface area contributed by atoms with E-state index in [1.807, 2.05) is 30.8 Å². The maximum atomic E-state index is 13.3. The molecule has 3 aromatic heterocycles. The zero-order chi connectivity index (χ0) is 25.0. The van der Waals surface area contributed by atoms with Crippen LogP contribution < -0.4 is 4.90 Å². The van der Waals surface area contributed by atoms with E-state index >= 15 is 0 Å². The molecule has 2 aliphatic carbocycles. The number of ether oxygens (including phenoxy) is 1. The van der Waals surface area contributed by atoms with Crippen LogP contribution in [0.5, 0.6) is 0 Å². The first-order chi connectivity index (χ1) is 17.4. The number of morpholine rings is 1. The molecule has 3 atom stereocenters. The molecule has 1 unspecified atom stereocenters. The second-order valence-electron chi connectivity index (χ2n) is 10.6. The number of hydrogen-bond acceptors (Lipinski definition) is 6. The van der Waals surface area contributed by atoms with Crippen molar-refractivity contribution in [1.82, 2.24) is 24.7 Å². The number of aromatic nitrogens is 5. The highest BCUT2D eigenvalue weighted by molar-refractivity contribution is 5.89. The lowest BCUT2D eigenvalue weighted by Gasteiger charge is -2.36. The van der Waals surface area contributed by atoms with Crippen molar-refractivity contribution in [2.45, 2.75) is 77.6 Å². The first kappa shape index (κ1) is 23.5. The van der Waals surface area contributed by atoms with Crippen LogP contribution in [0, 0.1) is 19.8 Å². The number of fused-ring (bicyclic) bond motifs is 1. The highest BCUT2D eigenvalue weighted by atomic mass is 19.3. The molecule has 1 saturated heterocycles. The maximum absolute atomic E-state index is 13.3. The predicted molar refractivity (Wildman–Crippen MR) is 134 cm³/mol. The number of anilines is 1. The van der Waals surface area contributed by atoms with Gasteiger partial charge in [-0.25, -0.2) is 18.7 Å². The molecule has 1 aliphatic heterocycles. The molecule has 0 bridgehead atoms. The van der Waals surface area contributed by atoms with Gasteiger partial charge in [-0.1, -0.05) is 6.08 Å². The van der Waals surface area contributed by atoms with Gasteiger partial charge in [0.25, 0.3) is 0 Å². The summed E-state index contributed by atoms with van der Waals surface area (Å²) in [5.74, 6) is 0.0284. The summed E-state index contributed by atoms with van der Waals surface area (Å²) in [6, 6.07) is 2.60. The smallest absolute Gasteiger partial charge is 0.241 e. The molecule has 0 aromatic carbocycles. The van der Waals surface area contributed by atoms with E-state index in [1.165, 1.54) is 12.8 Å².